The number of nitriles is 1. The van der Waals surface area contributed by atoms with Crippen molar-refractivity contribution in [3.63, 3.8) is 0 Å². The number of hydrogen-bond donors (Lipinski definition) is 0. The molecule has 0 spiro atoms. The zero-order valence-electron chi connectivity index (χ0n) is 14.0. The molecule has 0 amide bonds. The number of rotatable bonds is 4. The first-order chi connectivity index (χ1) is 12.0. The minimum Gasteiger partial charge on any atom is -0.422 e. The molecule has 25 heavy (non-hydrogen) atoms. The van der Waals surface area contributed by atoms with Crippen molar-refractivity contribution in [2.75, 3.05) is 19.7 Å². The van der Waals surface area contributed by atoms with E-state index in [-0.39, 0.29) is 30.5 Å². The van der Waals surface area contributed by atoms with Gasteiger partial charge in [0.15, 0.2) is 0 Å². The number of sulfonamides is 1. The minimum absolute atomic E-state index is 0.0872. The summed E-state index contributed by atoms with van der Waals surface area (Å²) >= 11 is 0. The highest BCUT2D eigenvalue weighted by Gasteiger charge is 2.34. The monoisotopic (exact) mass is 362 g/mol. The Kier molecular flexibility index (Phi) is 4.85. The molecule has 1 aliphatic rings. The lowest BCUT2D eigenvalue weighted by atomic mass is 10.2. The third-order valence-corrected chi connectivity index (χ3v) is 6.03. The largest absolute Gasteiger partial charge is 0.422 e. The van der Waals surface area contributed by atoms with Crippen LogP contribution in [0.15, 0.2) is 27.5 Å². The molecule has 1 unspecified atom stereocenters. The van der Waals surface area contributed by atoms with E-state index >= 15 is 0 Å². The lowest BCUT2D eigenvalue weighted by molar-refractivity contribution is -0.0178. The van der Waals surface area contributed by atoms with Crippen LogP contribution in [0.25, 0.3) is 0 Å². The van der Waals surface area contributed by atoms with E-state index in [0.29, 0.717) is 23.4 Å². The van der Waals surface area contributed by atoms with Gasteiger partial charge in [-0.2, -0.15) is 9.57 Å². The SMILES string of the molecule is CCc1nnc(C2CN(S(=O)(=O)c3cc(C#N)ccc3C)CCO2)o1. The van der Waals surface area contributed by atoms with E-state index in [1.165, 1.54) is 10.4 Å². The molecule has 1 aromatic heterocycles. The Hall–Kier alpha value is -2.28. The molecule has 1 atom stereocenters. The molecule has 8 nitrogen and oxygen atoms in total. The van der Waals surface area contributed by atoms with Crippen LogP contribution in [0, 0.1) is 18.3 Å². The highest BCUT2D eigenvalue weighted by Crippen LogP contribution is 2.27. The predicted octanol–water partition coefficient (Wildman–Crippen LogP) is 1.57. The normalized spacial score (nSPS) is 18.8. The molecule has 2 heterocycles. The topological polar surface area (TPSA) is 109 Å². The molecule has 3 rings (SSSR count). The third kappa shape index (κ3) is 3.42. The summed E-state index contributed by atoms with van der Waals surface area (Å²) in [6.45, 7) is 4.14. The fraction of sp³-hybridized carbons (Fsp3) is 0.438. The van der Waals surface area contributed by atoms with E-state index in [0.717, 1.165) is 0 Å². The van der Waals surface area contributed by atoms with Crippen molar-refractivity contribution in [1.82, 2.24) is 14.5 Å². The summed E-state index contributed by atoms with van der Waals surface area (Å²) in [4.78, 5) is 0.131. The van der Waals surface area contributed by atoms with Crippen LogP contribution in [0.3, 0.4) is 0 Å². The number of benzene rings is 1. The zero-order valence-corrected chi connectivity index (χ0v) is 14.8. The van der Waals surface area contributed by atoms with Crippen molar-refractivity contribution in [3.05, 3.63) is 41.1 Å². The Labute approximate surface area is 146 Å². The summed E-state index contributed by atoms with van der Waals surface area (Å²) in [5.41, 5.74) is 0.895. The molecule has 0 saturated carbocycles. The molecule has 9 heteroatoms. The van der Waals surface area contributed by atoms with Gasteiger partial charge in [0.2, 0.25) is 21.8 Å². The first-order valence-electron chi connectivity index (χ1n) is 7.90. The molecular weight excluding hydrogens is 344 g/mol. The highest BCUT2D eigenvalue weighted by atomic mass is 32.2. The molecule has 0 radical (unpaired) electrons. The molecule has 1 fully saturated rings. The molecule has 1 aromatic carbocycles. The highest BCUT2D eigenvalue weighted by molar-refractivity contribution is 7.89. The summed E-state index contributed by atoms with van der Waals surface area (Å²) in [7, 11) is -3.75. The average molecular weight is 362 g/mol. The standard InChI is InChI=1S/C16H18N4O4S/c1-3-15-18-19-16(24-15)13-10-20(6-7-23-13)25(21,22)14-8-12(9-17)5-4-11(14)2/h4-5,8,13H,3,6-7,10H2,1-2H3. The lowest BCUT2D eigenvalue weighted by Gasteiger charge is -2.30. The molecule has 0 N–H and O–H groups in total. The van der Waals surface area contributed by atoms with E-state index in [1.54, 1.807) is 19.1 Å². The fourth-order valence-corrected chi connectivity index (χ4v) is 4.30. The van der Waals surface area contributed by atoms with E-state index in [1.807, 2.05) is 13.0 Å². The van der Waals surface area contributed by atoms with Crippen molar-refractivity contribution in [2.24, 2.45) is 0 Å². The maximum absolute atomic E-state index is 13.0. The Bertz CT molecular complexity index is 916. The van der Waals surface area contributed by atoms with Crippen molar-refractivity contribution in [1.29, 1.82) is 5.26 Å². The summed E-state index contributed by atoms with van der Waals surface area (Å²) in [5, 5.41) is 16.9. The summed E-state index contributed by atoms with van der Waals surface area (Å²) in [5.74, 6) is 0.760. The fourth-order valence-electron chi connectivity index (χ4n) is 2.62. The van der Waals surface area contributed by atoms with Crippen LogP contribution >= 0.6 is 0 Å². The smallest absolute Gasteiger partial charge is 0.246 e. The Morgan fingerprint density at radius 3 is 2.88 bits per heavy atom. The number of ether oxygens (including phenoxy) is 1. The van der Waals surface area contributed by atoms with Crippen molar-refractivity contribution >= 4 is 10.0 Å². The zero-order chi connectivity index (χ0) is 18.0. The quantitative estimate of drug-likeness (QED) is 0.812. The van der Waals surface area contributed by atoms with Crippen LogP contribution < -0.4 is 0 Å². The number of aryl methyl sites for hydroxylation is 2. The Morgan fingerprint density at radius 2 is 2.20 bits per heavy atom. The number of morpholine rings is 1. The van der Waals surface area contributed by atoms with Gasteiger partial charge in [-0.15, -0.1) is 10.2 Å². The maximum Gasteiger partial charge on any atom is 0.246 e. The second kappa shape index (κ2) is 6.92. The molecule has 132 valence electrons. The van der Waals surface area contributed by atoms with Crippen LogP contribution in [0.1, 0.15) is 35.9 Å². The first-order valence-corrected chi connectivity index (χ1v) is 9.34. The molecule has 0 aliphatic carbocycles. The third-order valence-electron chi connectivity index (χ3n) is 4.02. The second-order valence-electron chi connectivity index (χ2n) is 5.70. The first kappa shape index (κ1) is 17.5. The van der Waals surface area contributed by atoms with Crippen molar-refractivity contribution in [3.8, 4) is 6.07 Å². The lowest BCUT2D eigenvalue weighted by Crippen LogP contribution is -2.42. The van der Waals surface area contributed by atoms with Crippen molar-refractivity contribution < 1.29 is 17.6 Å². The van der Waals surface area contributed by atoms with E-state index in [9.17, 15) is 8.42 Å². The number of aromatic nitrogens is 2. The van der Waals surface area contributed by atoms with Gasteiger partial charge in [-0.3, -0.25) is 0 Å². The summed E-state index contributed by atoms with van der Waals surface area (Å²) < 4.78 is 38.4. The summed E-state index contributed by atoms with van der Waals surface area (Å²) in [6.07, 6.45) is -0.00204. The van der Waals surface area contributed by atoms with Gasteiger partial charge in [-0.1, -0.05) is 13.0 Å². The van der Waals surface area contributed by atoms with Crippen LogP contribution in [0.2, 0.25) is 0 Å². The molecule has 2 aromatic rings. The predicted molar refractivity (Wildman–Crippen MR) is 87.0 cm³/mol. The van der Waals surface area contributed by atoms with Crippen molar-refractivity contribution in [2.45, 2.75) is 31.3 Å². The molecular formula is C16H18N4O4S. The van der Waals surface area contributed by atoms with Gasteiger partial charge in [0, 0.05) is 19.5 Å². The van der Waals surface area contributed by atoms with E-state index < -0.39 is 16.1 Å². The molecule has 1 saturated heterocycles. The van der Waals surface area contributed by atoms with Gasteiger partial charge in [0.1, 0.15) is 6.10 Å². The van der Waals surface area contributed by atoms with Gasteiger partial charge in [-0.05, 0) is 24.6 Å². The summed E-state index contributed by atoms with van der Waals surface area (Å²) in [6, 6.07) is 6.60. The van der Waals surface area contributed by atoms with Crippen LogP contribution in [0.4, 0.5) is 0 Å². The number of nitrogens with zero attached hydrogens (tertiary/aromatic N) is 4. The van der Waals surface area contributed by atoms with Gasteiger partial charge < -0.3 is 9.15 Å². The second-order valence-corrected chi connectivity index (χ2v) is 7.61. The Morgan fingerprint density at radius 1 is 1.40 bits per heavy atom. The van der Waals surface area contributed by atoms with Gasteiger partial charge in [-0.25, -0.2) is 8.42 Å². The van der Waals surface area contributed by atoms with Gasteiger partial charge in [0.05, 0.1) is 23.1 Å². The van der Waals surface area contributed by atoms with Crippen LogP contribution in [0.5, 0.6) is 0 Å². The molecule has 0 bridgehead atoms. The maximum atomic E-state index is 13.0. The molecule has 1 aliphatic heterocycles. The van der Waals surface area contributed by atoms with Gasteiger partial charge in [0.25, 0.3) is 0 Å². The van der Waals surface area contributed by atoms with Crippen LogP contribution in [-0.4, -0.2) is 42.6 Å². The van der Waals surface area contributed by atoms with Gasteiger partial charge >= 0.3 is 0 Å². The minimum atomic E-state index is -3.75. The Balaban J connectivity index is 1.88. The van der Waals surface area contributed by atoms with Crippen LogP contribution in [-0.2, 0) is 21.2 Å². The number of hydrogen-bond acceptors (Lipinski definition) is 7. The average Bonchev–Trinajstić information content (AvgIpc) is 3.11. The van der Waals surface area contributed by atoms with E-state index in [4.69, 9.17) is 14.4 Å². The van der Waals surface area contributed by atoms with E-state index in [2.05, 4.69) is 10.2 Å².